The number of carbonyl (C=O) groups is 2. The normalized spacial score (nSPS) is 45.3. The lowest BCUT2D eigenvalue weighted by Gasteiger charge is -2.20. The summed E-state index contributed by atoms with van der Waals surface area (Å²) in [7, 11) is 0. The summed E-state index contributed by atoms with van der Waals surface area (Å²) in [6, 6.07) is 0. The van der Waals surface area contributed by atoms with Gasteiger partial charge >= 0.3 is 12.1 Å². The number of esters is 1. The van der Waals surface area contributed by atoms with Gasteiger partial charge in [0.05, 0.1) is 11.8 Å². The second kappa shape index (κ2) is 2.74. The lowest BCUT2D eigenvalue weighted by atomic mass is 9.85. The summed E-state index contributed by atoms with van der Waals surface area (Å²) in [6.07, 6.45) is 3.42. The molecule has 2 N–H and O–H groups in total. The van der Waals surface area contributed by atoms with Crippen LogP contribution in [0.2, 0.25) is 0 Å². The van der Waals surface area contributed by atoms with Crippen LogP contribution in [-0.4, -0.2) is 18.4 Å². The Balaban J connectivity index is 1.87. The van der Waals surface area contributed by atoms with E-state index in [0.29, 0.717) is 0 Å². The maximum absolute atomic E-state index is 11.5. The largest absolute Gasteiger partial charge is 0.424 e. The molecule has 1 saturated carbocycles. The summed E-state index contributed by atoms with van der Waals surface area (Å²) in [5, 5.41) is 0. The number of fused-ring (bicyclic) bond motifs is 5. The van der Waals surface area contributed by atoms with Gasteiger partial charge in [-0.2, -0.15) is 0 Å². The van der Waals surface area contributed by atoms with Gasteiger partial charge in [0.1, 0.15) is 0 Å². The molecule has 1 heterocycles. The molecule has 0 aromatic carbocycles. The summed E-state index contributed by atoms with van der Waals surface area (Å²) in [5.41, 5.74) is 4.93. The Hall–Kier alpha value is -1.52. The molecular weight excluding hydrogens is 198 g/mol. The van der Waals surface area contributed by atoms with Gasteiger partial charge in [0.2, 0.25) is 0 Å². The Bertz CT molecular complexity index is 364. The number of amides is 1. The van der Waals surface area contributed by atoms with E-state index in [9.17, 15) is 9.59 Å². The second-order valence-electron chi connectivity index (χ2n) is 4.29. The maximum Gasteiger partial charge on any atom is 0.407 e. The number of cyclic esters (lactones) is 1. The fraction of sp³-hybridized carbons (Fsp3) is 0.600. The number of primary amides is 1. The van der Waals surface area contributed by atoms with Crippen LogP contribution in [0.3, 0.4) is 0 Å². The summed E-state index contributed by atoms with van der Waals surface area (Å²) >= 11 is 0. The molecule has 2 fully saturated rings. The smallest absolute Gasteiger partial charge is 0.407 e. The summed E-state index contributed by atoms with van der Waals surface area (Å²) < 4.78 is 9.83. The molecule has 1 aliphatic heterocycles. The first-order chi connectivity index (χ1) is 7.16. The van der Waals surface area contributed by atoms with Crippen LogP contribution in [0, 0.1) is 23.7 Å². The molecule has 0 radical (unpaired) electrons. The number of carbonyl (C=O) groups excluding carboxylic acids is 2. The van der Waals surface area contributed by atoms with Gasteiger partial charge in [-0.05, 0) is 18.3 Å². The fourth-order valence-corrected chi connectivity index (χ4v) is 3.05. The first-order valence-corrected chi connectivity index (χ1v) is 5.02. The van der Waals surface area contributed by atoms with Crippen molar-refractivity contribution >= 4 is 12.1 Å². The minimum atomic E-state index is -0.889. The van der Waals surface area contributed by atoms with Crippen LogP contribution in [0.5, 0.6) is 0 Å². The van der Waals surface area contributed by atoms with E-state index in [4.69, 9.17) is 15.2 Å². The topological polar surface area (TPSA) is 78.6 Å². The highest BCUT2D eigenvalue weighted by atomic mass is 16.7. The lowest BCUT2D eigenvalue weighted by Crippen LogP contribution is -2.31. The van der Waals surface area contributed by atoms with Crippen molar-refractivity contribution in [3.8, 4) is 0 Å². The monoisotopic (exact) mass is 209 g/mol. The quantitative estimate of drug-likeness (QED) is 0.501. The Morgan fingerprint density at radius 3 is 2.93 bits per heavy atom. The van der Waals surface area contributed by atoms with E-state index in [1.807, 2.05) is 0 Å². The highest BCUT2D eigenvalue weighted by molar-refractivity contribution is 5.77. The molecule has 1 saturated heterocycles. The lowest BCUT2D eigenvalue weighted by molar-refractivity contribution is -0.158. The first-order valence-electron chi connectivity index (χ1n) is 5.02. The molecule has 5 atom stereocenters. The predicted octanol–water partition coefficient (Wildman–Crippen LogP) is 0.403. The van der Waals surface area contributed by atoms with Crippen molar-refractivity contribution in [2.24, 2.45) is 29.4 Å². The third kappa shape index (κ3) is 1.09. The zero-order chi connectivity index (χ0) is 10.6. The zero-order valence-corrected chi connectivity index (χ0v) is 7.96. The minimum absolute atomic E-state index is 0.0278. The van der Waals surface area contributed by atoms with Crippen LogP contribution < -0.4 is 5.73 Å². The molecule has 80 valence electrons. The molecule has 5 heteroatoms. The maximum atomic E-state index is 11.5. The van der Waals surface area contributed by atoms with Crippen molar-refractivity contribution in [3.05, 3.63) is 12.2 Å². The van der Waals surface area contributed by atoms with Crippen molar-refractivity contribution < 1.29 is 19.1 Å². The number of hydrogen-bond donors (Lipinski definition) is 1. The zero-order valence-electron chi connectivity index (χ0n) is 7.96. The van der Waals surface area contributed by atoms with Crippen molar-refractivity contribution in [2.75, 3.05) is 0 Å². The van der Waals surface area contributed by atoms with Crippen LogP contribution in [0.25, 0.3) is 0 Å². The molecule has 3 rings (SSSR count). The van der Waals surface area contributed by atoms with Gasteiger partial charge in [0, 0.05) is 0 Å². The highest BCUT2D eigenvalue weighted by Crippen LogP contribution is 2.53. The molecule has 0 aromatic heterocycles. The van der Waals surface area contributed by atoms with Crippen LogP contribution in [0.15, 0.2) is 12.2 Å². The molecule has 2 aliphatic carbocycles. The Labute approximate surface area is 86.2 Å². The summed E-state index contributed by atoms with van der Waals surface area (Å²) in [6.45, 7) is 0. The molecule has 0 spiro atoms. The third-order valence-electron chi connectivity index (χ3n) is 3.57. The summed E-state index contributed by atoms with van der Waals surface area (Å²) in [5.74, 6) is 0.122. The van der Waals surface area contributed by atoms with Gasteiger partial charge in [-0.25, -0.2) is 4.79 Å². The fourth-order valence-electron chi connectivity index (χ4n) is 3.05. The average Bonchev–Trinajstić information content (AvgIpc) is 2.78. The van der Waals surface area contributed by atoms with E-state index in [2.05, 4.69) is 12.2 Å². The van der Waals surface area contributed by atoms with Crippen LogP contribution in [-0.2, 0) is 14.3 Å². The van der Waals surface area contributed by atoms with Gasteiger partial charge < -0.3 is 15.2 Å². The molecule has 5 unspecified atom stereocenters. The van der Waals surface area contributed by atoms with Crippen LogP contribution in [0.1, 0.15) is 6.42 Å². The first kappa shape index (κ1) is 8.76. The van der Waals surface area contributed by atoms with E-state index in [-0.39, 0.29) is 29.6 Å². The Morgan fingerprint density at radius 1 is 1.47 bits per heavy atom. The van der Waals surface area contributed by atoms with E-state index < -0.39 is 12.4 Å². The number of hydrogen-bond acceptors (Lipinski definition) is 4. The SMILES string of the molecule is NC(=O)OC1OC(=O)C2C3C=CC(C3)C12. The number of allylic oxidation sites excluding steroid dienone is 2. The highest BCUT2D eigenvalue weighted by Gasteiger charge is 2.59. The Morgan fingerprint density at radius 2 is 2.20 bits per heavy atom. The van der Waals surface area contributed by atoms with Crippen molar-refractivity contribution in [1.82, 2.24) is 0 Å². The number of rotatable bonds is 1. The average molecular weight is 209 g/mol. The standard InChI is InChI=1S/C10H11NO4/c11-10(13)15-9-7-5-2-1-4(3-5)6(7)8(12)14-9/h1-2,4-7,9H,3H2,(H2,11,13). The second-order valence-corrected chi connectivity index (χ2v) is 4.29. The molecule has 1 amide bonds. The molecule has 15 heavy (non-hydrogen) atoms. The summed E-state index contributed by atoms with van der Waals surface area (Å²) in [4.78, 5) is 22.2. The Kier molecular flexibility index (Phi) is 1.60. The van der Waals surface area contributed by atoms with Crippen molar-refractivity contribution in [2.45, 2.75) is 12.7 Å². The van der Waals surface area contributed by atoms with Gasteiger partial charge in [-0.3, -0.25) is 4.79 Å². The number of ether oxygens (including phenoxy) is 2. The molecular formula is C10H11NO4. The van der Waals surface area contributed by atoms with Gasteiger partial charge in [0.15, 0.2) is 0 Å². The van der Waals surface area contributed by atoms with Gasteiger partial charge in [-0.1, -0.05) is 12.2 Å². The molecule has 5 nitrogen and oxygen atoms in total. The number of nitrogens with two attached hydrogens (primary N) is 1. The third-order valence-corrected chi connectivity index (χ3v) is 3.57. The van der Waals surface area contributed by atoms with Gasteiger partial charge in [-0.15, -0.1) is 0 Å². The molecule has 2 bridgehead atoms. The van der Waals surface area contributed by atoms with Crippen LogP contribution >= 0.6 is 0 Å². The van der Waals surface area contributed by atoms with E-state index in [1.165, 1.54) is 0 Å². The minimum Gasteiger partial charge on any atom is -0.424 e. The van der Waals surface area contributed by atoms with E-state index in [0.717, 1.165) is 6.42 Å². The molecule has 0 aromatic rings. The predicted molar refractivity (Wildman–Crippen MR) is 48.3 cm³/mol. The molecule has 3 aliphatic rings. The van der Waals surface area contributed by atoms with Crippen molar-refractivity contribution in [3.63, 3.8) is 0 Å². The van der Waals surface area contributed by atoms with E-state index in [1.54, 1.807) is 0 Å². The van der Waals surface area contributed by atoms with Crippen molar-refractivity contribution in [1.29, 1.82) is 0 Å². The van der Waals surface area contributed by atoms with Gasteiger partial charge in [0.25, 0.3) is 6.29 Å². The van der Waals surface area contributed by atoms with E-state index >= 15 is 0 Å². The van der Waals surface area contributed by atoms with Crippen LogP contribution in [0.4, 0.5) is 4.79 Å².